The van der Waals surface area contributed by atoms with E-state index < -0.39 is 0 Å². The maximum atomic E-state index is 9.28. The van der Waals surface area contributed by atoms with Crippen LogP contribution in [0.25, 0.3) is 0 Å². The number of hydrogen-bond donors (Lipinski definition) is 2. The molecule has 1 aliphatic rings. The predicted octanol–water partition coefficient (Wildman–Crippen LogP) is 0.327. The van der Waals surface area contributed by atoms with Gasteiger partial charge in [0.25, 0.3) is 0 Å². The number of aliphatic hydroxyl groups excluding tert-OH is 2. The van der Waals surface area contributed by atoms with E-state index in [-0.39, 0.29) is 49.8 Å². The standard InChI is InChI=1S/C12H24O5/c1-8-10(15-6-5-13)11(9(7-14)16-8)17-12(2,3)4/h8-11,13-14H,5-7H2,1-4H3/t8-,9+,10+,11?/m0/s1. The third-order valence-corrected chi connectivity index (χ3v) is 2.61. The second-order valence-electron chi connectivity index (χ2n) is 5.32. The van der Waals surface area contributed by atoms with Gasteiger partial charge in [0.1, 0.15) is 18.3 Å². The summed E-state index contributed by atoms with van der Waals surface area (Å²) < 4.78 is 17.0. The third kappa shape index (κ3) is 4.19. The van der Waals surface area contributed by atoms with Crippen molar-refractivity contribution in [2.24, 2.45) is 0 Å². The molecule has 2 N–H and O–H groups in total. The zero-order chi connectivity index (χ0) is 13.1. The first-order valence-corrected chi connectivity index (χ1v) is 6.05. The fourth-order valence-electron chi connectivity index (χ4n) is 2.03. The highest BCUT2D eigenvalue weighted by Gasteiger charge is 2.45. The van der Waals surface area contributed by atoms with E-state index in [1.807, 2.05) is 27.7 Å². The molecule has 1 heterocycles. The van der Waals surface area contributed by atoms with Crippen molar-refractivity contribution in [2.45, 2.75) is 57.7 Å². The fraction of sp³-hybridized carbons (Fsp3) is 1.00. The molecule has 0 spiro atoms. The minimum absolute atomic E-state index is 0.0325. The van der Waals surface area contributed by atoms with Crippen molar-refractivity contribution in [1.29, 1.82) is 0 Å². The first kappa shape index (κ1) is 14.9. The van der Waals surface area contributed by atoms with E-state index in [4.69, 9.17) is 19.3 Å². The Morgan fingerprint density at radius 1 is 1.18 bits per heavy atom. The third-order valence-electron chi connectivity index (χ3n) is 2.61. The molecule has 1 unspecified atom stereocenters. The highest BCUT2D eigenvalue weighted by Crippen LogP contribution is 2.29. The van der Waals surface area contributed by atoms with Crippen LogP contribution in [0.1, 0.15) is 27.7 Å². The van der Waals surface area contributed by atoms with Crippen LogP contribution < -0.4 is 0 Å². The van der Waals surface area contributed by atoms with Crippen molar-refractivity contribution < 1.29 is 24.4 Å². The van der Waals surface area contributed by atoms with Crippen LogP contribution in [0.3, 0.4) is 0 Å². The predicted molar refractivity (Wildman–Crippen MR) is 62.9 cm³/mol. The van der Waals surface area contributed by atoms with E-state index in [1.165, 1.54) is 0 Å². The lowest BCUT2D eigenvalue weighted by Gasteiger charge is -2.30. The molecule has 0 aliphatic carbocycles. The maximum absolute atomic E-state index is 9.28. The van der Waals surface area contributed by atoms with Crippen molar-refractivity contribution in [3.8, 4) is 0 Å². The minimum atomic E-state index is -0.368. The molecule has 102 valence electrons. The summed E-state index contributed by atoms with van der Waals surface area (Å²) in [6.45, 7) is 7.87. The summed E-state index contributed by atoms with van der Waals surface area (Å²) in [6.07, 6.45) is -1.07. The van der Waals surface area contributed by atoms with Crippen LogP contribution in [-0.4, -0.2) is 60.1 Å². The Kier molecular flexibility index (Phi) is 5.34. The molecule has 0 radical (unpaired) electrons. The van der Waals surface area contributed by atoms with Crippen molar-refractivity contribution >= 4 is 0 Å². The van der Waals surface area contributed by atoms with Gasteiger partial charge in [-0.2, -0.15) is 0 Å². The van der Waals surface area contributed by atoms with Gasteiger partial charge in [-0.15, -0.1) is 0 Å². The summed E-state index contributed by atoms with van der Waals surface area (Å²) in [5.41, 5.74) is -0.327. The summed E-state index contributed by atoms with van der Waals surface area (Å²) in [5.74, 6) is 0. The Bertz CT molecular complexity index is 225. The van der Waals surface area contributed by atoms with Gasteiger partial charge in [-0.1, -0.05) is 0 Å². The molecule has 0 saturated carbocycles. The second-order valence-corrected chi connectivity index (χ2v) is 5.32. The number of rotatable bonds is 5. The molecule has 5 heteroatoms. The number of ether oxygens (including phenoxy) is 3. The molecule has 17 heavy (non-hydrogen) atoms. The molecule has 1 fully saturated rings. The molecule has 1 saturated heterocycles. The molecule has 0 aromatic rings. The summed E-state index contributed by atoms with van der Waals surface area (Å²) >= 11 is 0. The van der Waals surface area contributed by atoms with Crippen molar-refractivity contribution in [3.63, 3.8) is 0 Å². The van der Waals surface area contributed by atoms with Gasteiger partial charge in [-0.3, -0.25) is 0 Å². The monoisotopic (exact) mass is 248 g/mol. The smallest absolute Gasteiger partial charge is 0.115 e. The average molecular weight is 248 g/mol. The normalized spacial score (nSPS) is 34.2. The quantitative estimate of drug-likeness (QED) is 0.733. The van der Waals surface area contributed by atoms with Gasteiger partial charge < -0.3 is 24.4 Å². The van der Waals surface area contributed by atoms with Crippen LogP contribution in [0.15, 0.2) is 0 Å². The average Bonchev–Trinajstić information content (AvgIpc) is 2.50. The van der Waals surface area contributed by atoms with Crippen LogP contribution in [0, 0.1) is 0 Å². The molecular formula is C12H24O5. The summed E-state index contributed by atoms with van der Waals surface area (Å²) in [6, 6.07) is 0. The van der Waals surface area contributed by atoms with E-state index in [2.05, 4.69) is 0 Å². The Hall–Kier alpha value is -0.200. The summed E-state index contributed by atoms with van der Waals surface area (Å²) in [5, 5.41) is 18.1. The van der Waals surface area contributed by atoms with Crippen LogP contribution in [-0.2, 0) is 14.2 Å². The molecule has 0 aromatic heterocycles. The maximum Gasteiger partial charge on any atom is 0.115 e. The molecule has 0 bridgehead atoms. The first-order chi connectivity index (χ1) is 7.89. The van der Waals surface area contributed by atoms with E-state index in [0.717, 1.165) is 0 Å². The zero-order valence-electron chi connectivity index (χ0n) is 11.0. The minimum Gasteiger partial charge on any atom is -0.394 e. The molecule has 0 amide bonds. The van der Waals surface area contributed by atoms with E-state index in [1.54, 1.807) is 0 Å². The molecule has 1 aliphatic heterocycles. The lowest BCUT2D eigenvalue weighted by molar-refractivity contribution is -0.132. The molecule has 0 aromatic carbocycles. The topological polar surface area (TPSA) is 68.2 Å². The fourth-order valence-corrected chi connectivity index (χ4v) is 2.03. The van der Waals surface area contributed by atoms with Crippen LogP contribution in [0.2, 0.25) is 0 Å². The number of hydrogen-bond acceptors (Lipinski definition) is 5. The highest BCUT2D eigenvalue weighted by molar-refractivity contribution is 4.92. The van der Waals surface area contributed by atoms with Crippen LogP contribution >= 0.6 is 0 Å². The van der Waals surface area contributed by atoms with Gasteiger partial charge in [-0.25, -0.2) is 0 Å². The van der Waals surface area contributed by atoms with E-state index >= 15 is 0 Å². The lowest BCUT2D eigenvalue weighted by atomic mass is 10.1. The summed E-state index contributed by atoms with van der Waals surface area (Å²) in [4.78, 5) is 0. The van der Waals surface area contributed by atoms with Crippen LogP contribution in [0.5, 0.6) is 0 Å². The van der Waals surface area contributed by atoms with Crippen molar-refractivity contribution in [3.05, 3.63) is 0 Å². The molecule has 1 rings (SSSR count). The Labute approximate surface area is 103 Å². The number of aliphatic hydroxyl groups is 2. The Morgan fingerprint density at radius 3 is 2.29 bits per heavy atom. The SMILES string of the molecule is C[C@@H]1O[C@H](CO)C(OC(C)(C)C)[C@@H]1OCCO. The van der Waals surface area contributed by atoms with Crippen molar-refractivity contribution in [1.82, 2.24) is 0 Å². The second kappa shape index (κ2) is 6.11. The molecular weight excluding hydrogens is 224 g/mol. The van der Waals surface area contributed by atoms with Crippen LogP contribution in [0.4, 0.5) is 0 Å². The largest absolute Gasteiger partial charge is 0.394 e. The van der Waals surface area contributed by atoms with E-state index in [0.29, 0.717) is 0 Å². The van der Waals surface area contributed by atoms with Gasteiger partial charge in [0.15, 0.2) is 0 Å². The Morgan fingerprint density at radius 2 is 1.82 bits per heavy atom. The van der Waals surface area contributed by atoms with Gasteiger partial charge in [0.05, 0.1) is 31.5 Å². The lowest BCUT2D eigenvalue weighted by Crippen LogP contribution is -2.43. The van der Waals surface area contributed by atoms with Gasteiger partial charge in [0.2, 0.25) is 0 Å². The summed E-state index contributed by atoms with van der Waals surface area (Å²) in [7, 11) is 0. The highest BCUT2D eigenvalue weighted by atomic mass is 16.6. The van der Waals surface area contributed by atoms with E-state index in [9.17, 15) is 5.11 Å². The first-order valence-electron chi connectivity index (χ1n) is 6.05. The molecule has 5 nitrogen and oxygen atoms in total. The Balaban J connectivity index is 2.69. The van der Waals surface area contributed by atoms with Gasteiger partial charge >= 0.3 is 0 Å². The molecule has 4 atom stereocenters. The van der Waals surface area contributed by atoms with Gasteiger partial charge in [-0.05, 0) is 27.7 Å². The zero-order valence-corrected chi connectivity index (χ0v) is 11.0. The van der Waals surface area contributed by atoms with Gasteiger partial charge in [0, 0.05) is 0 Å². The van der Waals surface area contributed by atoms with Crippen molar-refractivity contribution in [2.75, 3.05) is 19.8 Å².